The second kappa shape index (κ2) is 5.01. The molecule has 5 heteroatoms. The summed E-state index contributed by atoms with van der Waals surface area (Å²) in [6.07, 6.45) is -3.52. The third-order valence-corrected chi connectivity index (χ3v) is 2.09. The van der Waals surface area contributed by atoms with E-state index >= 15 is 0 Å². The Labute approximate surface area is 91.0 Å². The first-order chi connectivity index (χ1) is 7.47. The fraction of sp³-hybridized carbons (Fsp3) is 0.364. The third-order valence-electron chi connectivity index (χ3n) is 2.09. The number of carbonyl (C=O) groups is 1. The zero-order valence-corrected chi connectivity index (χ0v) is 8.62. The molecule has 0 saturated carbocycles. The average molecular weight is 232 g/mol. The molecular formula is C11H11F3O2. The van der Waals surface area contributed by atoms with Gasteiger partial charge in [0.2, 0.25) is 6.17 Å². The lowest BCUT2D eigenvalue weighted by Crippen LogP contribution is -2.26. The van der Waals surface area contributed by atoms with E-state index in [-0.39, 0.29) is 5.56 Å². The second-order valence-electron chi connectivity index (χ2n) is 3.27. The van der Waals surface area contributed by atoms with E-state index in [0.29, 0.717) is 0 Å². The number of esters is 1. The van der Waals surface area contributed by atoms with Gasteiger partial charge in [-0.15, -0.1) is 0 Å². The van der Waals surface area contributed by atoms with Crippen LogP contribution >= 0.6 is 0 Å². The molecule has 0 N–H and O–H groups in total. The van der Waals surface area contributed by atoms with Gasteiger partial charge in [-0.25, -0.2) is 18.0 Å². The van der Waals surface area contributed by atoms with Gasteiger partial charge >= 0.3 is 5.97 Å². The molecule has 0 fully saturated rings. The van der Waals surface area contributed by atoms with Crippen LogP contribution in [0.5, 0.6) is 0 Å². The van der Waals surface area contributed by atoms with Gasteiger partial charge < -0.3 is 4.74 Å². The first kappa shape index (κ1) is 12.5. The Hall–Kier alpha value is -1.52. The van der Waals surface area contributed by atoms with Crippen LogP contribution in [0.4, 0.5) is 13.2 Å². The number of hydrogen-bond acceptors (Lipinski definition) is 2. The zero-order valence-electron chi connectivity index (χ0n) is 8.62. The lowest BCUT2D eigenvalue weighted by Gasteiger charge is -2.17. The maximum absolute atomic E-state index is 13.5. The Morgan fingerprint density at radius 3 is 2.44 bits per heavy atom. The van der Waals surface area contributed by atoms with Crippen molar-refractivity contribution in [3.8, 4) is 0 Å². The molecule has 0 saturated heterocycles. The fourth-order valence-corrected chi connectivity index (χ4v) is 1.24. The van der Waals surface area contributed by atoms with Crippen LogP contribution in [0.2, 0.25) is 0 Å². The number of halogens is 3. The van der Waals surface area contributed by atoms with Gasteiger partial charge in [-0.05, 0) is 0 Å². The molecule has 0 aliphatic heterocycles. The maximum atomic E-state index is 13.5. The average Bonchev–Trinajstić information content (AvgIpc) is 2.28. The van der Waals surface area contributed by atoms with E-state index in [1.165, 1.54) is 24.3 Å². The summed E-state index contributed by atoms with van der Waals surface area (Å²) in [5, 5.41) is 0. The SMILES string of the molecule is COC(=O)C(F)CC(F)(F)c1ccccc1. The first-order valence-electron chi connectivity index (χ1n) is 4.62. The van der Waals surface area contributed by atoms with E-state index < -0.39 is 24.5 Å². The quantitative estimate of drug-likeness (QED) is 0.746. The van der Waals surface area contributed by atoms with E-state index in [2.05, 4.69) is 4.74 Å². The van der Waals surface area contributed by atoms with Gasteiger partial charge in [0.1, 0.15) is 0 Å². The summed E-state index contributed by atoms with van der Waals surface area (Å²) in [6.45, 7) is 0. The van der Waals surface area contributed by atoms with Gasteiger partial charge in [0, 0.05) is 5.56 Å². The summed E-state index contributed by atoms with van der Waals surface area (Å²) in [4.78, 5) is 10.7. The van der Waals surface area contributed by atoms with Gasteiger partial charge in [-0.2, -0.15) is 0 Å². The largest absolute Gasteiger partial charge is 0.467 e. The summed E-state index contributed by atoms with van der Waals surface area (Å²) in [5.74, 6) is -4.66. The molecule has 0 aliphatic carbocycles. The highest BCUT2D eigenvalue weighted by atomic mass is 19.3. The van der Waals surface area contributed by atoms with Crippen molar-refractivity contribution >= 4 is 5.97 Å². The molecule has 0 aromatic heterocycles. The molecule has 1 rings (SSSR count). The topological polar surface area (TPSA) is 26.3 Å². The van der Waals surface area contributed by atoms with Crippen LogP contribution in [0.1, 0.15) is 12.0 Å². The number of carbonyl (C=O) groups excluding carboxylic acids is 1. The third kappa shape index (κ3) is 2.98. The van der Waals surface area contributed by atoms with Crippen molar-refractivity contribution in [2.45, 2.75) is 18.5 Å². The predicted molar refractivity (Wildman–Crippen MR) is 51.9 cm³/mol. The first-order valence-corrected chi connectivity index (χ1v) is 4.62. The van der Waals surface area contributed by atoms with E-state index in [0.717, 1.165) is 7.11 Å². The van der Waals surface area contributed by atoms with Crippen LogP contribution in [-0.2, 0) is 15.5 Å². The van der Waals surface area contributed by atoms with Gasteiger partial charge in [0.15, 0.2) is 0 Å². The molecule has 0 spiro atoms. The van der Waals surface area contributed by atoms with Crippen LogP contribution in [0, 0.1) is 0 Å². The number of ether oxygens (including phenoxy) is 1. The molecule has 1 aromatic rings. The summed E-state index contributed by atoms with van der Waals surface area (Å²) in [6, 6.07) is 6.80. The number of benzene rings is 1. The van der Waals surface area contributed by atoms with Crippen molar-refractivity contribution in [2.24, 2.45) is 0 Å². The Kier molecular flexibility index (Phi) is 3.93. The Morgan fingerprint density at radius 1 is 1.38 bits per heavy atom. The minimum Gasteiger partial charge on any atom is -0.467 e. The van der Waals surface area contributed by atoms with Crippen LogP contribution in [0.3, 0.4) is 0 Å². The van der Waals surface area contributed by atoms with Crippen LogP contribution in [-0.4, -0.2) is 19.3 Å². The normalized spacial score (nSPS) is 13.2. The van der Waals surface area contributed by atoms with Crippen molar-refractivity contribution in [3.63, 3.8) is 0 Å². The lowest BCUT2D eigenvalue weighted by molar-refractivity contribution is -0.150. The number of hydrogen-bond donors (Lipinski definition) is 0. The molecule has 0 heterocycles. The standard InChI is InChI=1S/C11H11F3O2/c1-16-10(15)9(12)7-11(13,14)8-5-3-2-4-6-8/h2-6,9H,7H2,1H3. The molecule has 16 heavy (non-hydrogen) atoms. The predicted octanol–water partition coefficient (Wildman–Crippen LogP) is 2.68. The fourth-order valence-electron chi connectivity index (χ4n) is 1.24. The monoisotopic (exact) mass is 232 g/mol. The van der Waals surface area contributed by atoms with Gasteiger partial charge in [-0.1, -0.05) is 30.3 Å². The highest BCUT2D eigenvalue weighted by molar-refractivity contribution is 5.74. The molecule has 0 radical (unpaired) electrons. The van der Waals surface area contributed by atoms with E-state index in [1.807, 2.05) is 0 Å². The summed E-state index contributed by atoms with van der Waals surface area (Å²) in [5.41, 5.74) is -0.318. The summed E-state index contributed by atoms with van der Waals surface area (Å²) >= 11 is 0. The summed E-state index contributed by atoms with van der Waals surface area (Å²) < 4.78 is 44.0. The van der Waals surface area contributed by atoms with Crippen LogP contribution < -0.4 is 0 Å². The van der Waals surface area contributed by atoms with Crippen molar-refractivity contribution < 1.29 is 22.7 Å². The van der Waals surface area contributed by atoms with E-state index in [4.69, 9.17) is 0 Å². The minimum absolute atomic E-state index is 0.318. The van der Waals surface area contributed by atoms with Crippen molar-refractivity contribution in [2.75, 3.05) is 7.11 Å². The Morgan fingerprint density at radius 2 is 1.94 bits per heavy atom. The maximum Gasteiger partial charge on any atom is 0.340 e. The Balaban J connectivity index is 2.76. The van der Waals surface area contributed by atoms with Gasteiger partial charge in [0.05, 0.1) is 13.5 Å². The number of methoxy groups -OCH3 is 1. The molecule has 1 aromatic carbocycles. The number of rotatable bonds is 4. The number of alkyl halides is 3. The molecule has 2 nitrogen and oxygen atoms in total. The Bertz CT molecular complexity index is 352. The van der Waals surface area contributed by atoms with Crippen molar-refractivity contribution in [1.29, 1.82) is 0 Å². The molecule has 1 unspecified atom stereocenters. The molecule has 0 aliphatic rings. The molecule has 0 bridgehead atoms. The zero-order chi connectivity index (χ0) is 12.2. The summed E-state index contributed by atoms with van der Waals surface area (Å²) in [7, 11) is 0.954. The molecule has 1 atom stereocenters. The van der Waals surface area contributed by atoms with Crippen LogP contribution in [0.15, 0.2) is 30.3 Å². The van der Waals surface area contributed by atoms with Gasteiger partial charge in [-0.3, -0.25) is 0 Å². The van der Waals surface area contributed by atoms with Crippen LogP contribution in [0.25, 0.3) is 0 Å². The van der Waals surface area contributed by atoms with Gasteiger partial charge in [0.25, 0.3) is 5.92 Å². The molecule has 0 amide bonds. The lowest BCUT2D eigenvalue weighted by atomic mass is 10.0. The second-order valence-corrected chi connectivity index (χ2v) is 3.27. The highest BCUT2D eigenvalue weighted by Crippen LogP contribution is 2.33. The molecular weight excluding hydrogens is 221 g/mol. The van der Waals surface area contributed by atoms with E-state index in [1.54, 1.807) is 6.07 Å². The minimum atomic E-state index is -3.38. The molecule has 88 valence electrons. The van der Waals surface area contributed by atoms with Crippen molar-refractivity contribution in [3.05, 3.63) is 35.9 Å². The van der Waals surface area contributed by atoms with Crippen molar-refractivity contribution in [1.82, 2.24) is 0 Å². The highest BCUT2D eigenvalue weighted by Gasteiger charge is 2.37. The van der Waals surface area contributed by atoms with E-state index in [9.17, 15) is 18.0 Å². The smallest absolute Gasteiger partial charge is 0.340 e.